The standard InChI is InChI=1S/C28H24ClN3O/c1-17(2)19-10-12-20(13-11-19)26-27-23(22-8-3-4-9-24(22)31-27)15-25(32-26)28(33)30-16-18-6-5-7-21(29)14-18/h3-15,17,31H,16H2,1-2H3,(H,30,33). The van der Waals surface area contributed by atoms with Gasteiger partial charge < -0.3 is 10.3 Å². The third-order valence-electron chi connectivity index (χ3n) is 5.92. The molecule has 2 aromatic heterocycles. The summed E-state index contributed by atoms with van der Waals surface area (Å²) in [6, 6.07) is 25.9. The summed E-state index contributed by atoms with van der Waals surface area (Å²) in [5.74, 6) is 0.228. The van der Waals surface area contributed by atoms with Crippen molar-refractivity contribution in [2.75, 3.05) is 0 Å². The number of hydrogen-bond acceptors (Lipinski definition) is 2. The van der Waals surface area contributed by atoms with E-state index in [-0.39, 0.29) is 5.91 Å². The molecule has 1 amide bonds. The van der Waals surface area contributed by atoms with E-state index in [9.17, 15) is 4.79 Å². The summed E-state index contributed by atoms with van der Waals surface area (Å²) < 4.78 is 0. The Morgan fingerprint density at radius 2 is 1.76 bits per heavy atom. The van der Waals surface area contributed by atoms with Crippen molar-refractivity contribution < 1.29 is 4.79 Å². The summed E-state index contributed by atoms with van der Waals surface area (Å²) in [6.07, 6.45) is 0. The van der Waals surface area contributed by atoms with Gasteiger partial charge in [-0.2, -0.15) is 0 Å². The van der Waals surface area contributed by atoms with Gasteiger partial charge >= 0.3 is 0 Å². The molecule has 3 aromatic carbocycles. The Balaban J connectivity index is 1.58. The number of para-hydroxylation sites is 1. The van der Waals surface area contributed by atoms with Gasteiger partial charge in [-0.3, -0.25) is 4.79 Å². The van der Waals surface area contributed by atoms with Gasteiger partial charge in [-0.25, -0.2) is 4.98 Å². The molecule has 0 saturated heterocycles. The molecule has 4 nitrogen and oxygen atoms in total. The number of aromatic amines is 1. The van der Waals surface area contributed by atoms with Crippen LogP contribution in [-0.4, -0.2) is 15.9 Å². The number of carbonyl (C=O) groups excluding carboxylic acids is 1. The van der Waals surface area contributed by atoms with Gasteiger partial charge in [0.1, 0.15) is 5.69 Å². The Kier molecular flexibility index (Phi) is 5.61. The number of nitrogens with zero attached hydrogens (tertiary/aromatic N) is 1. The first-order chi connectivity index (χ1) is 16.0. The SMILES string of the molecule is CC(C)c1ccc(-c2nc(C(=O)NCc3cccc(Cl)c3)cc3c2[nH]c2ccccc23)cc1. The van der Waals surface area contributed by atoms with Crippen molar-refractivity contribution in [2.24, 2.45) is 0 Å². The number of hydrogen-bond donors (Lipinski definition) is 2. The average Bonchev–Trinajstić information content (AvgIpc) is 3.21. The average molecular weight is 454 g/mol. The van der Waals surface area contributed by atoms with Crippen molar-refractivity contribution in [2.45, 2.75) is 26.3 Å². The summed E-state index contributed by atoms with van der Waals surface area (Å²) in [5.41, 5.74) is 6.28. The minimum atomic E-state index is -0.220. The Morgan fingerprint density at radius 1 is 0.970 bits per heavy atom. The molecule has 0 aliphatic carbocycles. The van der Waals surface area contributed by atoms with Crippen molar-refractivity contribution in [3.63, 3.8) is 0 Å². The predicted molar refractivity (Wildman–Crippen MR) is 136 cm³/mol. The van der Waals surface area contributed by atoms with E-state index in [1.165, 1.54) is 5.56 Å². The van der Waals surface area contributed by atoms with Gasteiger partial charge in [-0.1, -0.05) is 80.0 Å². The molecule has 0 aliphatic heterocycles. The Labute approximate surface area is 197 Å². The van der Waals surface area contributed by atoms with Gasteiger partial charge in [0, 0.05) is 33.4 Å². The number of amides is 1. The van der Waals surface area contributed by atoms with E-state index in [0.717, 1.165) is 38.6 Å². The fourth-order valence-electron chi connectivity index (χ4n) is 4.12. The largest absolute Gasteiger partial charge is 0.353 e. The fraction of sp³-hybridized carbons (Fsp3) is 0.143. The first kappa shape index (κ1) is 21.2. The molecule has 5 rings (SSSR count). The lowest BCUT2D eigenvalue weighted by molar-refractivity contribution is 0.0946. The Morgan fingerprint density at radius 3 is 2.52 bits per heavy atom. The van der Waals surface area contributed by atoms with Gasteiger partial charge in [0.05, 0.1) is 11.2 Å². The first-order valence-corrected chi connectivity index (χ1v) is 11.4. The molecular formula is C28H24ClN3O. The highest BCUT2D eigenvalue weighted by Gasteiger charge is 2.17. The normalized spacial score (nSPS) is 11.4. The van der Waals surface area contributed by atoms with Crippen molar-refractivity contribution in [1.29, 1.82) is 0 Å². The van der Waals surface area contributed by atoms with Crippen LogP contribution in [0.2, 0.25) is 5.02 Å². The molecule has 33 heavy (non-hydrogen) atoms. The van der Waals surface area contributed by atoms with E-state index >= 15 is 0 Å². The molecule has 0 spiro atoms. The maximum atomic E-state index is 13.1. The van der Waals surface area contributed by atoms with Crippen LogP contribution >= 0.6 is 11.6 Å². The zero-order valence-electron chi connectivity index (χ0n) is 18.5. The van der Waals surface area contributed by atoms with Crippen molar-refractivity contribution >= 4 is 39.3 Å². The summed E-state index contributed by atoms with van der Waals surface area (Å²) in [4.78, 5) is 21.4. The molecule has 0 unspecified atom stereocenters. The highest BCUT2D eigenvalue weighted by molar-refractivity contribution is 6.30. The highest BCUT2D eigenvalue weighted by Crippen LogP contribution is 2.33. The number of benzene rings is 3. The van der Waals surface area contributed by atoms with Crippen LogP contribution < -0.4 is 5.32 Å². The van der Waals surface area contributed by atoms with Crippen LogP contribution in [0.4, 0.5) is 0 Å². The quantitative estimate of drug-likeness (QED) is 0.298. The van der Waals surface area contributed by atoms with Crippen molar-refractivity contribution in [3.8, 4) is 11.3 Å². The minimum Gasteiger partial charge on any atom is -0.353 e. The van der Waals surface area contributed by atoms with Crippen LogP contribution in [0.5, 0.6) is 0 Å². The highest BCUT2D eigenvalue weighted by atomic mass is 35.5. The second kappa shape index (κ2) is 8.72. The van der Waals surface area contributed by atoms with E-state index in [1.807, 2.05) is 48.5 Å². The van der Waals surface area contributed by atoms with Gasteiger partial charge in [0.25, 0.3) is 5.91 Å². The lowest BCUT2D eigenvalue weighted by Crippen LogP contribution is -2.24. The lowest BCUT2D eigenvalue weighted by atomic mass is 9.99. The van der Waals surface area contributed by atoms with Gasteiger partial charge in [-0.15, -0.1) is 0 Å². The number of rotatable bonds is 5. The van der Waals surface area contributed by atoms with Gasteiger partial charge in [-0.05, 0) is 41.3 Å². The van der Waals surface area contributed by atoms with E-state index in [4.69, 9.17) is 16.6 Å². The van der Waals surface area contributed by atoms with Crippen LogP contribution in [-0.2, 0) is 6.54 Å². The molecule has 164 valence electrons. The summed E-state index contributed by atoms with van der Waals surface area (Å²) in [7, 11) is 0. The summed E-state index contributed by atoms with van der Waals surface area (Å²) in [5, 5.41) is 5.68. The Hall–Kier alpha value is -3.63. The first-order valence-electron chi connectivity index (χ1n) is 11.0. The van der Waals surface area contributed by atoms with Gasteiger partial charge in [0.2, 0.25) is 0 Å². The number of nitrogens with one attached hydrogen (secondary N) is 2. The molecule has 2 N–H and O–H groups in total. The van der Waals surface area contributed by atoms with E-state index in [2.05, 4.69) is 54.5 Å². The molecule has 0 fully saturated rings. The molecular weight excluding hydrogens is 430 g/mol. The topological polar surface area (TPSA) is 57.8 Å². The molecule has 0 aliphatic rings. The van der Waals surface area contributed by atoms with E-state index in [1.54, 1.807) is 0 Å². The second-order valence-corrected chi connectivity index (χ2v) is 8.97. The van der Waals surface area contributed by atoms with Crippen molar-refractivity contribution in [3.05, 3.63) is 101 Å². The predicted octanol–water partition coefficient (Wildman–Crippen LogP) is 7.09. The van der Waals surface area contributed by atoms with E-state index < -0.39 is 0 Å². The number of fused-ring (bicyclic) bond motifs is 3. The maximum absolute atomic E-state index is 13.1. The fourth-order valence-corrected chi connectivity index (χ4v) is 4.33. The number of halogens is 1. The molecule has 0 atom stereocenters. The molecule has 5 heteroatoms. The number of pyridine rings is 1. The Bertz CT molecular complexity index is 1470. The maximum Gasteiger partial charge on any atom is 0.270 e. The molecule has 0 saturated carbocycles. The summed E-state index contributed by atoms with van der Waals surface area (Å²) >= 11 is 6.08. The smallest absolute Gasteiger partial charge is 0.270 e. The van der Waals surface area contributed by atoms with Gasteiger partial charge in [0.15, 0.2) is 0 Å². The second-order valence-electron chi connectivity index (χ2n) is 8.54. The molecule has 5 aromatic rings. The van der Waals surface area contributed by atoms with Crippen LogP contribution in [0.1, 0.15) is 41.4 Å². The molecule has 0 radical (unpaired) electrons. The van der Waals surface area contributed by atoms with Crippen LogP contribution in [0, 0.1) is 0 Å². The summed E-state index contributed by atoms with van der Waals surface area (Å²) in [6.45, 7) is 4.73. The zero-order chi connectivity index (χ0) is 22.9. The molecule has 0 bridgehead atoms. The molecule has 2 heterocycles. The number of H-pyrrole nitrogens is 1. The lowest BCUT2D eigenvalue weighted by Gasteiger charge is -2.10. The number of aromatic nitrogens is 2. The van der Waals surface area contributed by atoms with Crippen LogP contribution in [0.3, 0.4) is 0 Å². The van der Waals surface area contributed by atoms with Crippen LogP contribution in [0.15, 0.2) is 78.9 Å². The zero-order valence-corrected chi connectivity index (χ0v) is 19.3. The minimum absolute atomic E-state index is 0.220. The van der Waals surface area contributed by atoms with Crippen LogP contribution in [0.25, 0.3) is 33.1 Å². The van der Waals surface area contributed by atoms with E-state index in [0.29, 0.717) is 23.2 Å². The third kappa shape index (κ3) is 4.22. The monoisotopic (exact) mass is 453 g/mol. The third-order valence-corrected chi connectivity index (χ3v) is 6.16. The van der Waals surface area contributed by atoms with Crippen molar-refractivity contribution in [1.82, 2.24) is 15.3 Å². The number of carbonyl (C=O) groups is 1.